The monoisotopic (exact) mass is 331 g/mol. The summed E-state index contributed by atoms with van der Waals surface area (Å²) in [7, 11) is 0. The molecule has 3 rings (SSSR count). The molecule has 0 bridgehead atoms. The molecule has 126 valence electrons. The van der Waals surface area contributed by atoms with E-state index in [4.69, 9.17) is 4.42 Å². The molecule has 0 saturated carbocycles. The Bertz CT molecular complexity index is 847. The summed E-state index contributed by atoms with van der Waals surface area (Å²) in [6.07, 6.45) is 3.37. The van der Waals surface area contributed by atoms with Gasteiger partial charge in [0.1, 0.15) is 5.76 Å². The van der Waals surface area contributed by atoms with Gasteiger partial charge in [-0.2, -0.15) is 0 Å². The van der Waals surface area contributed by atoms with Crippen molar-refractivity contribution in [3.8, 4) is 0 Å². The molecule has 0 aliphatic heterocycles. The molecule has 2 aromatic carbocycles. The van der Waals surface area contributed by atoms with Gasteiger partial charge < -0.3 is 9.73 Å². The number of hydrogen-bond donors (Lipinski definition) is 1. The molecule has 3 nitrogen and oxygen atoms in total. The van der Waals surface area contributed by atoms with Gasteiger partial charge in [0, 0.05) is 0 Å². The second kappa shape index (κ2) is 7.67. The first-order valence-electron chi connectivity index (χ1n) is 8.31. The number of aryl methyl sites for hydroxylation is 1. The largest absolute Gasteiger partial charge is 0.465 e. The summed E-state index contributed by atoms with van der Waals surface area (Å²) in [4.78, 5) is 12.9. The molecule has 3 heteroatoms. The van der Waals surface area contributed by atoms with E-state index < -0.39 is 0 Å². The lowest BCUT2D eigenvalue weighted by Gasteiger charge is -2.16. The first kappa shape index (κ1) is 16.8. The minimum absolute atomic E-state index is 0.0863. The van der Waals surface area contributed by atoms with Gasteiger partial charge in [0.25, 0.3) is 5.91 Å². The van der Waals surface area contributed by atoms with Crippen LogP contribution >= 0.6 is 0 Å². The van der Waals surface area contributed by atoms with Crippen molar-refractivity contribution in [1.29, 1.82) is 0 Å². The van der Waals surface area contributed by atoms with E-state index in [0.717, 1.165) is 11.1 Å². The molecule has 0 aliphatic carbocycles. The maximum absolute atomic E-state index is 12.9. The lowest BCUT2D eigenvalue weighted by atomic mass is 10.0. The van der Waals surface area contributed by atoms with E-state index in [2.05, 4.69) is 17.4 Å². The zero-order valence-electron chi connectivity index (χ0n) is 14.4. The van der Waals surface area contributed by atoms with Crippen LogP contribution in [0.4, 0.5) is 0 Å². The fourth-order valence-electron chi connectivity index (χ4n) is 2.63. The van der Waals surface area contributed by atoms with Crippen molar-refractivity contribution in [3.05, 3.63) is 95.4 Å². The lowest BCUT2D eigenvalue weighted by molar-refractivity contribution is -0.116. The topological polar surface area (TPSA) is 42.2 Å². The van der Waals surface area contributed by atoms with Crippen LogP contribution in [-0.2, 0) is 4.79 Å². The van der Waals surface area contributed by atoms with Crippen molar-refractivity contribution in [2.45, 2.75) is 19.9 Å². The molecule has 0 fully saturated rings. The Kier molecular flexibility index (Phi) is 5.14. The second-order valence-electron chi connectivity index (χ2n) is 6.05. The molecular weight excluding hydrogens is 310 g/mol. The van der Waals surface area contributed by atoms with Crippen LogP contribution in [0.15, 0.2) is 77.4 Å². The zero-order chi connectivity index (χ0) is 17.6. The Balaban J connectivity index is 1.86. The van der Waals surface area contributed by atoms with E-state index >= 15 is 0 Å². The van der Waals surface area contributed by atoms with E-state index in [-0.39, 0.29) is 11.9 Å². The molecule has 1 N–H and O–H groups in total. The molecule has 1 amide bonds. The average Bonchev–Trinajstić information content (AvgIpc) is 3.14. The minimum Gasteiger partial charge on any atom is -0.465 e. The summed E-state index contributed by atoms with van der Waals surface area (Å²) in [5.74, 6) is 0.521. The summed E-state index contributed by atoms with van der Waals surface area (Å²) in [5.41, 5.74) is 3.70. The Morgan fingerprint density at radius 2 is 1.72 bits per heavy atom. The van der Waals surface area contributed by atoms with Crippen LogP contribution in [-0.4, -0.2) is 5.91 Å². The van der Waals surface area contributed by atoms with Crippen molar-refractivity contribution >= 4 is 17.6 Å². The predicted octanol–water partition coefficient (Wildman–Crippen LogP) is 5.01. The number of amides is 1. The van der Waals surface area contributed by atoms with Gasteiger partial charge in [-0.3, -0.25) is 4.79 Å². The third-order valence-corrected chi connectivity index (χ3v) is 4.08. The first-order chi connectivity index (χ1) is 12.1. The van der Waals surface area contributed by atoms with Crippen LogP contribution in [0.5, 0.6) is 0 Å². The fourth-order valence-corrected chi connectivity index (χ4v) is 2.63. The Morgan fingerprint density at radius 1 is 1.00 bits per heavy atom. The van der Waals surface area contributed by atoms with Crippen LogP contribution in [0.3, 0.4) is 0 Å². The fraction of sp³-hybridized carbons (Fsp3) is 0.136. The normalized spacial score (nSPS) is 12.6. The molecule has 1 atom stereocenters. The van der Waals surface area contributed by atoms with Crippen molar-refractivity contribution in [2.75, 3.05) is 0 Å². The molecule has 1 aromatic heterocycles. The molecular formula is C22H21NO2. The predicted molar refractivity (Wildman–Crippen MR) is 101 cm³/mol. The third kappa shape index (κ3) is 4.27. The van der Waals surface area contributed by atoms with Crippen molar-refractivity contribution in [3.63, 3.8) is 0 Å². The minimum atomic E-state index is -0.129. The number of carbonyl (C=O) groups is 1. The third-order valence-electron chi connectivity index (χ3n) is 4.08. The SMILES string of the molecule is Cc1ccc([C@@H](C)NC(=O)/C(=C/c2ccco2)c2ccccc2)cc1. The first-order valence-corrected chi connectivity index (χ1v) is 8.31. The summed E-state index contributed by atoms with van der Waals surface area (Å²) < 4.78 is 5.38. The quantitative estimate of drug-likeness (QED) is 0.668. The second-order valence-corrected chi connectivity index (χ2v) is 6.05. The van der Waals surface area contributed by atoms with Crippen LogP contribution in [0.2, 0.25) is 0 Å². The summed E-state index contributed by atoms with van der Waals surface area (Å²) in [5, 5.41) is 3.08. The summed E-state index contributed by atoms with van der Waals surface area (Å²) >= 11 is 0. The highest BCUT2D eigenvalue weighted by Crippen LogP contribution is 2.21. The molecule has 0 saturated heterocycles. The standard InChI is InChI=1S/C22H21NO2/c1-16-10-12-18(13-11-16)17(2)23-22(24)21(15-20-9-6-14-25-20)19-7-4-3-5-8-19/h3-15,17H,1-2H3,(H,23,24)/b21-15+/t17-/m1/s1. The molecule has 0 radical (unpaired) electrons. The number of hydrogen-bond acceptors (Lipinski definition) is 2. The number of benzene rings is 2. The summed E-state index contributed by atoms with van der Waals surface area (Å²) in [6.45, 7) is 4.03. The van der Waals surface area contributed by atoms with Crippen LogP contribution in [0.25, 0.3) is 11.6 Å². The van der Waals surface area contributed by atoms with Gasteiger partial charge in [-0.15, -0.1) is 0 Å². The van der Waals surface area contributed by atoms with Crippen molar-refractivity contribution < 1.29 is 9.21 Å². The maximum Gasteiger partial charge on any atom is 0.252 e. The molecule has 1 heterocycles. The Labute approximate surface area is 148 Å². The van der Waals surface area contributed by atoms with E-state index in [1.54, 1.807) is 18.4 Å². The summed E-state index contributed by atoms with van der Waals surface area (Å²) in [6, 6.07) is 21.3. The van der Waals surface area contributed by atoms with Crippen LogP contribution in [0, 0.1) is 6.92 Å². The molecule has 0 unspecified atom stereocenters. The Morgan fingerprint density at radius 3 is 2.36 bits per heavy atom. The van der Waals surface area contributed by atoms with Crippen LogP contribution < -0.4 is 5.32 Å². The molecule has 25 heavy (non-hydrogen) atoms. The maximum atomic E-state index is 12.9. The highest BCUT2D eigenvalue weighted by Gasteiger charge is 2.16. The van der Waals surface area contributed by atoms with E-state index in [1.807, 2.05) is 62.4 Å². The number of rotatable bonds is 5. The highest BCUT2D eigenvalue weighted by molar-refractivity contribution is 6.24. The Hall–Kier alpha value is -3.07. The van der Waals surface area contributed by atoms with E-state index in [9.17, 15) is 4.79 Å². The average molecular weight is 331 g/mol. The number of nitrogens with one attached hydrogen (secondary N) is 1. The highest BCUT2D eigenvalue weighted by atomic mass is 16.3. The van der Waals surface area contributed by atoms with Gasteiger partial charge in [0.15, 0.2) is 0 Å². The molecule has 0 spiro atoms. The van der Waals surface area contributed by atoms with Crippen LogP contribution in [0.1, 0.15) is 35.4 Å². The van der Waals surface area contributed by atoms with Gasteiger partial charge in [0.2, 0.25) is 0 Å². The van der Waals surface area contributed by atoms with Gasteiger partial charge in [-0.25, -0.2) is 0 Å². The van der Waals surface area contributed by atoms with E-state index in [1.165, 1.54) is 5.56 Å². The van der Waals surface area contributed by atoms with Crippen molar-refractivity contribution in [1.82, 2.24) is 5.32 Å². The van der Waals surface area contributed by atoms with Crippen molar-refractivity contribution in [2.24, 2.45) is 0 Å². The number of carbonyl (C=O) groups excluding carboxylic acids is 1. The van der Waals surface area contributed by atoms with Gasteiger partial charge in [-0.1, -0.05) is 60.2 Å². The lowest BCUT2D eigenvalue weighted by Crippen LogP contribution is -2.27. The zero-order valence-corrected chi connectivity index (χ0v) is 14.4. The van der Waals surface area contributed by atoms with Gasteiger partial charge in [0.05, 0.1) is 17.9 Å². The molecule has 0 aliphatic rings. The van der Waals surface area contributed by atoms with Gasteiger partial charge in [-0.05, 0) is 43.2 Å². The van der Waals surface area contributed by atoms with Gasteiger partial charge >= 0.3 is 0 Å². The number of furan rings is 1. The molecule has 3 aromatic rings. The smallest absolute Gasteiger partial charge is 0.252 e. The van der Waals surface area contributed by atoms with E-state index in [0.29, 0.717) is 11.3 Å².